The number of thiazole rings is 1. The molecule has 0 aliphatic carbocycles. The van der Waals surface area contributed by atoms with E-state index in [2.05, 4.69) is 15.0 Å². The number of carbonyl (C=O) groups excluding carboxylic acids is 1. The van der Waals surface area contributed by atoms with Crippen LogP contribution in [0.2, 0.25) is 0 Å². The number of nitrogens with zero attached hydrogens (tertiary/aromatic N) is 2. The lowest BCUT2D eigenvalue weighted by molar-refractivity contribution is 0.103. The molecule has 0 saturated heterocycles. The number of halogens is 1. The Morgan fingerprint density at radius 1 is 1.20 bits per heavy atom. The Morgan fingerprint density at radius 2 is 2.00 bits per heavy atom. The van der Waals surface area contributed by atoms with Gasteiger partial charge in [0.1, 0.15) is 17.2 Å². The van der Waals surface area contributed by atoms with Crippen LogP contribution in [-0.4, -0.2) is 25.8 Å². The summed E-state index contributed by atoms with van der Waals surface area (Å²) in [7, 11) is 0. The first-order valence-electron chi connectivity index (χ1n) is 7.51. The summed E-state index contributed by atoms with van der Waals surface area (Å²) in [6.45, 7) is 0. The van der Waals surface area contributed by atoms with Gasteiger partial charge in [-0.15, -0.1) is 11.3 Å². The van der Waals surface area contributed by atoms with Crippen molar-refractivity contribution in [1.82, 2.24) is 15.0 Å². The zero-order valence-corrected chi connectivity index (χ0v) is 13.7. The summed E-state index contributed by atoms with van der Waals surface area (Å²) < 4.78 is 13.0. The van der Waals surface area contributed by atoms with E-state index in [1.165, 1.54) is 23.5 Å². The third-order valence-electron chi connectivity index (χ3n) is 3.83. The van der Waals surface area contributed by atoms with Crippen molar-refractivity contribution in [3.8, 4) is 5.75 Å². The van der Waals surface area contributed by atoms with Crippen molar-refractivity contribution in [1.29, 1.82) is 0 Å². The molecule has 0 radical (unpaired) electrons. The van der Waals surface area contributed by atoms with Gasteiger partial charge in [-0.1, -0.05) is 12.1 Å². The third-order valence-corrected chi connectivity index (χ3v) is 4.60. The molecule has 4 rings (SSSR count). The van der Waals surface area contributed by atoms with Gasteiger partial charge in [-0.2, -0.15) is 0 Å². The number of imidazole rings is 1. The summed E-state index contributed by atoms with van der Waals surface area (Å²) in [5.41, 5.74) is 2.02. The summed E-state index contributed by atoms with van der Waals surface area (Å²) in [6.07, 6.45) is 2.01. The highest BCUT2D eigenvalue weighted by Crippen LogP contribution is 2.29. The van der Waals surface area contributed by atoms with Crippen molar-refractivity contribution in [2.45, 2.75) is 6.42 Å². The van der Waals surface area contributed by atoms with E-state index in [9.17, 15) is 14.3 Å². The van der Waals surface area contributed by atoms with E-state index in [0.717, 1.165) is 5.56 Å². The SMILES string of the molecule is O=C(c1nccs1)c1ccc2[nH]c(Cc3ccc(F)cc3)nc2c1O. The second kappa shape index (κ2) is 6.10. The first kappa shape index (κ1) is 15.5. The maximum Gasteiger partial charge on any atom is 0.225 e. The molecule has 0 aliphatic rings. The van der Waals surface area contributed by atoms with Crippen LogP contribution in [0.4, 0.5) is 4.39 Å². The Morgan fingerprint density at radius 3 is 2.72 bits per heavy atom. The fraction of sp³-hybridized carbons (Fsp3) is 0.0556. The van der Waals surface area contributed by atoms with Crippen LogP contribution >= 0.6 is 11.3 Å². The van der Waals surface area contributed by atoms with Gasteiger partial charge in [0.2, 0.25) is 5.78 Å². The summed E-state index contributed by atoms with van der Waals surface area (Å²) in [5.74, 6) is -0.177. The number of aromatic nitrogens is 3. The zero-order chi connectivity index (χ0) is 17.4. The molecule has 0 fully saturated rings. The van der Waals surface area contributed by atoms with Gasteiger partial charge in [0.25, 0.3) is 0 Å². The molecule has 5 nitrogen and oxygen atoms in total. The van der Waals surface area contributed by atoms with Gasteiger partial charge in [0.15, 0.2) is 10.8 Å². The van der Waals surface area contributed by atoms with E-state index in [4.69, 9.17) is 0 Å². The average molecular weight is 353 g/mol. The molecule has 0 bridgehead atoms. The summed E-state index contributed by atoms with van der Waals surface area (Å²) in [6, 6.07) is 9.40. The normalized spacial score (nSPS) is 11.1. The molecule has 124 valence electrons. The van der Waals surface area contributed by atoms with Crippen LogP contribution in [0.5, 0.6) is 5.75 Å². The van der Waals surface area contributed by atoms with E-state index >= 15 is 0 Å². The van der Waals surface area contributed by atoms with Crippen LogP contribution in [0.15, 0.2) is 48.0 Å². The molecule has 2 aromatic heterocycles. The highest BCUT2D eigenvalue weighted by Gasteiger charge is 2.19. The van der Waals surface area contributed by atoms with Crippen LogP contribution in [-0.2, 0) is 6.42 Å². The zero-order valence-electron chi connectivity index (χ0n) is 12.9. The standard InChI is InChI=1S/C18H12FN3O2S/c19-11-3-1-10(2-4-11)9-14-21-13-6-5-12(16(23)15(13)22-14)17(24)18-20-7-8-25-18/h1-8,23H,9H2,(H,21,22). The van der Waals surface area contributed by atoms with Crippen molar-refractivity contribution in [3.05, 3.63) is 75.8 Å². The minimum atomic E-state index is -0.336. The van der Waals surface area contributed by atoms with Crippen LogP contribution in [0.1, 0.15) is 26.8 Å². The number of fused-ring (bicyclic) bond motifs is 1. The molecule has 0 amide bonds. The van der Waals surface area contributed by atoms with E-state index < -0.39 is 0 Å². The number of rotatable bonds is 4. The molecule has 0 atom stereocenters. The number of hydrogen-bond acceptors (Lipinski definition) is 5. The van der Waals surface area contributed by atoms with Gasteiger partial charge in [-0.05, 0) is 29.8 Å². The van der Waals surface area contributed by atoms with Crippen molar-refractivity contribution in [2.24, 2.45) is 0 Å². The molecule has 0 saturated carbocycles. The fourth-order valence-corrected chi connectivity index (χ4v) is 3.21. The second-order valence-electron chi connectivity index (χ2n) is 5.51. The molecular weight excluding hydrogens is 341 g/mol. The monoisotopic (exact) mass is 353 g/mol. The number of aromatic amines is 1. The van der Waals surface area contributed by atoms with Gasteiger partial charge in [-0.3, -0.25) is 4.79 Å². The van der Waals surface area contributed by atoms with Gasteiger partial charge >= 0.3 is 0 Å². The number of benzene rings is 2. The Hall–Kier alpha value is -3.06. The topological polar surface area (TPSA) is 78.9 Å². The fourth-order valence-electron chi connectivity index (χ4n) is 2.63. The number of nitrogens with one attached hydrogen (secondary N) is 1. The number of hydrogen-bond donors (Lipinski definition) is 2. The van der Waals surface area contributed by atoms with E-state index in [1.807, 2.05) is 0 Å². The van der Waals surface area contributed by atoms with Crippen LogP contribution in [0.25, 0.3) is 11.0 Å². The third kappa shape index (κ3) is 2.89. The summed E-state index contributed by atoms with van der Waals surface area (Å²) in [4.78, 5) is 23.9. The Kier molecular flexibility index (Phi) is 3.77. The number of phenolic OH excluding ortho intramolecular Hbond substituents is 1. The predicted octanol–water partition coefficient (Wildman–Crippen LogP) is 3.69. The molecular formula is C18H12FN3O2S. The predicted molar refractivity (Wildman–Crippen MR) is 92.5 cm³/mol. The quantitative estimate of drug-likeness (QED) is 0.549. The first-order valence-corrected chi connectivity index (χ1v) is 8.39. The lowest BCUT2D eigenvalue weighted by Crippen LogP contribution is -2.01. The maximum absolute atomic E-state index is 13.0. The van der Waals surface area contributed by atoms with E-state index in [-0.39, 0.29) is 22.9 Å². The number of aromatic hydroxyl groups is 1. The Balaban J connectivity index is 1.70. The van der Waals surface area contributed by atoms with Gasteiger partial charge in [-0.25, -0.2) is 14.4 Å². The van der Waals surface area contributed by atoms with E-state index in [0.29, 0.717) is 28.3 Å². The molecule has 2 heterocycles. The Bertz CT molecular complexity index is 1060. The van der Waals surface area contributed by atoms with Crippen LogP contribution < -0.4 is 0 Å². The first-order chi connectivity index (χ1) is 12.1. The molecule has 0 aliphatic heterocycles. The second-order valence-corrected chi connectivity index (χ2v) is 6.41. The van der Waals surface area contributed by atoms with Crippen molar-refractivity contribution >= 4 is 28.2 Å². The molecule has 2 aromatic carbocycles. The average Bonchev–Trinajstić information content (AvgIpc) is 3.26. The lowest BCUT2D eigenvalue weighted by Gasteiger charge is -2.01. The number of carbonyl (C=O) groups is 1. The van der Waals surface area contributed by atoms with Crippen molar-refractivity contribution in [2.75, 3.05) is 0 Å². The van der Waals surface area contributed by atoms with Crippen molar-refractivity contribution in [3.63, 3.8) is 0 Å². The minimum absolute atomic E-state index is 0.167. The number of ketones is 1. The molecule has 2 N–H and O–H groups in total. The van der Waals surface area contributed by atoms with Gasteiger partial charge < -0.3 is 10.1 Å². The van der Waals surface area contributed by atoms with Gasteiger partial charge in [0.05, 0.1) is 11.1 Å². The maximum atomic E-state index is 13.0. The molecule has 7 heteroatoms. The smallest absolute Gasteiger partial charge is 0.225 e. The highest BCUT2D eigenvalue weighted by atomic mass is 32.1. The number of H-pyrrole nitrogens is 1. The minimum Gasteiger partial charge on any atom is -0.505 e. The highest BCUT2D eigenvalue weighted by molar-refractivity contribution is 7.11. The largest absolute Gasteiger partial charge is 0.505 e. The molecule has 0 unspecified atom stereocenters. The van der Waals surface area contributed by atoms with Gasteiger partial charge in [0, 0.05) is 18.0 Å². The molecule has 0 spiro atoms. The van der Waals surface area contributed by atoms with Crippen molar-refractivity contribution < 1.29 is 14.3 Å². The Labute approximate surface area is 145 Å². The summed E-state index contributed by atoms with van der Waals surface area (Å²) in [5, 5.41) is 12.5. The molecule has 4 aromatic rings. The van der Waals surface area contributed by atoms with Crippen LogP contribution in [0, 0.1) is 5.82 Å². The molecule has 25 heavy (non-hydrogen) atoms. The van der Waals surface area contributed by atoms with Crippen LogP contribution in [0.3, 0.4) is 0 Å². The summed E-state index contributed by atoms with van der Waals surface area (Å²) >= 11 is 1.22. The number of phenols is 1. The van der Waals surface area contributed by atoms with E-state index in [1.54, 1.807) is 35.8 Å². The lowest BCUT2D eigenvalue weighted by atomic mass is 10.1.